The van der Waals surface area contributed by atoms with Crippen LogP contribution < -0.4 is 0 Å². The van der Waals surface area contributed by atoms with Gasteiger partial charge in [0.15, 0.2) is 5.82 Å². The van der Waals surface area contributed by atoms with Gasteiger partial charge >= 0.3 is 5.97 Å². The highest BCUT2D eigenvalue weighted by Gasteiger charge is 2.18. The van der Waals surface area contributed by atoms with Crippen molar-refractivity contribution in [2.75, 3.05) is 7.11 Å². The normalized spacial score (nSPS) is 10.3. The number of aromatic nitrogens is 4. The zero-order chi connectivity index (χ0) is 12.4. The van der Waals surface area contributed by atoms with Crippen molar-refractivity contribution in [3.63, 3.8) is 0 Å². The summed E-state index contributed by atoms with van der Waals surface area (Å²) in [5, 5.41) is 4.51. The van der Waals surface area contributed by atoms with Gasteiger partial charge in [-0.3, -0.25) is 0 Å². The first-order chi connectivity index (χ1) is 8.13. The number of methoxy groups -OCH3 is 1. The van der Waals surface area contributed by atoms with E-state index in [1.54, 1.807) is 0 Å². The average Bonchev–Trinajstić information content (AvgIpc) is 2.77. The van der Waals surface area contributed by atoms with Crippen molar-refractivity contribution in [3.05, 3.63) is 34.5 Å². The molecule has 0 bridgehead atoms. The topological polar surface area (TPSA) is 69.9 Å². The van der Waals surface area contributed by atoms with Gasteiger partial charge in [-0.1, -0.05) is 23.2 Å². The van der Waals surface area contributed by atoms with Crippen molar-refractivity contribution >= 4 is 29.2 Å². The second kappa shape index (κ2) is 4.68. The predicted molar refractivity (Wildman–Crippen MR) is 60.5 cm³/mol. The molecule has 2 aromatic rings. The van der Waals surface area contributed by atoms with E-state index < -0.39 is 5.97 Å². The molecule has 88 valence electrons. The van der Waals surface area contributed by atoms with Gasteiger partial charge < -0.3 is 4.74 Å². The van der Waals surface area contributed by atoms with E-state index in [0.717, 1.165) is 0 Å². The second-order valence-electron chi connectivity index (χ2n) is 2.95. The summed E-state index contributed by atoms with van der Waals surface area (Å²) in [6, 6.07) is 1.49. The summed E-state index contributed by atoms with van der Waals surface area (Å²) in [5.74, 6) is -0.381. The minimum atomic E-state index is -0.629. The Hall–Kier alpha value is -1.66. The fourth-order valence-corrected chi connectivity index (χ4v) is 1.65. The van der Waals surface area contributed by atoms with E-state index in [-0.39, 0.29) is 16.7 Å². The van der Waals surface area contributed by atoms with E-state index in [4.69, 9.17) is 23.2 Å². The maximum atomic E-state index is 11.4. The largest absolute Gasteiger partial charge is 0.463 e. The molecule has 0 spiro atoms. The van der Waals surface area contributed by atoms with Gasteiger partial charge in [0, 0.05) is 6.20 Å². The van der Waals surface area contributed by atoms with E-state index >= 15 is 0 Å². The first-order valence-electron chi connectivity index (χ1n) is 4.43. The number of nitrogens with zero attached hydrogens (tertiary/aromatic N) is 4. The molecule has 17 heavy (non-hydrogen) atoms. The number of carbonyl (C=O) groups excluding carboxylic acids is 1. The van der Waals surface area contributed by atoms with Crippen LogP contribution in [0.2, 0.25) is 10.0 Å². The van der Waals surface area contributed by atoms with Crippen LogP contribution in [0.25, 0.3) is 5.82 Å². The van der Waals surface area contributed by atoms with Crippen molar-refractivity contribution in [1.82, 2.24) is 19.7 Å². The Morgan fingerprint density at radius 3 is 2.82 bits per heavy atom. The van der Waals surface area contributed by atoms with Gasteiger partial charge in [-0.05, 0) is 6.07 Å². The smallest absolute Gasteiger partial charge is 0.376 e. The average molecular weight is 273 g/mol. The van der Waals surface area contributed by atoms with E-state index in [2.05, 4.69) is 19.8 Å². The number of halogens is 2. The lowest BCUT2D eigenvalue weighted by molar-refractivity contribution is 0.0583. The molecular formula is C9H6Cl2N4O2. The Balaban J connectivity index is 2.53. The van der Waals surface area contributed by atoms with Crippen molar-refractivity contribution in [2.45, 2.75) is 0 Å². The van der Waals surface area contributed by atoms with Gasteiger partial charge in [-0.25, -0.2) is 14.8 Å². The van der Waals surface area contributed by atoms with Crippen LogP contribution in [-0.4, -0.2) is 32.8 Å². The van der Waals surface area contributed by atoms with Crippen molar-refractivity contribution < 1.29 is 9.53 Å². The molecule has 0 saturated carbocycles. The zero-order valence-electron chi connectivity index (χ0n) is 8.59. The lowest BCUT2D eigenvalue weighted by Gasteiger charge is -2.05. The van der Waals surface area contributed by atoms with Crippen LogP contribution >= 0.6 is 23.2 Å². The van der Waals surface area contributed by atoms with E-state index in [1.165, 1.54) is 30.4 Å². The van der Waals surface area contributed by atoms with Crippen molar-refractivity contribution in [1.29, 1.82) is 0 Å². The molecule has 0 amide bonds. The van der Waals surface area contributed by atoms with Gasteiger partial charge in [0.1, 0.15) is 6.33 Å². The van der Waals surface area contributed by atoms with Crippen molar-refractivity contribution in [2.24, 2.45) is 0 Å². The number of hydrogen-bond donors (Lipinski definition) is 0. The highest BCUT2D eigenvalue weighted by molar-refractivity contribution is 6.35. The maximum Gasteiger partial charge on any atom is 0.376 e. The number of ether oxygens (including phenoxy) is 1. The third-order valence-electron chi connectivity index (χ3n) is 1.90. The molecule has 0 N–H and O–H groups in total. The van der Waals surface area contributed by atoms with Gasteiger partial charge in [0.2, 0.25) is 5.82 Å². The Bertz CT molecular complexity index is 570. The summed E-state index contributed by atoms with van der Waals surface area (Å²) >= 11 is 11.7. The first kappa shape index (κ1) is 11.8. The standard InChI is InChI=1S/C9H6Cl2N4O2/c1-17-9(16)8-13-4-14-15(8)7-6(11)2-5(10)3-12-7/h2-4H,1H3. The number of hydrogen-bond acceptors (Lipinski definition) is 5. The molecule has 2 rings (SSSR count). The van der Waals surface area contributed by atoms with Crippen LogP contribution in [0.3, 0.4) is 0 Å². The lowest BCUT2D eigenvalue weighted by atomic mass is 10.4. The first-order valence-corrected chi connectivity index (χ1v) is 5.19. The van der Waals surface area contributed by atoms with Crippen LogP contribution in [0.15, 0.2) is 18.6 Å². The molecule has 0 aliphatic heterocycles. The molecule has 0 fully saturated rings. The fourth-order valence-electron chi connectivity index (χ4n) is 1.19. The van der Waals surface area contributed by atoms with Gasteiger partial charge in [0.25, 0.3) is 0 Å². The molecule has 0 atom stereocenters. The van der Waals surface area contributed by atoms with Crippen LogP contribution in [0, 0.1) is 0 Å². The maximum absolute atomic E-state index is 11.4. The quantitative estimate of drug-likeness (QED) is 0.779. The molecule has 0 aliphatic carbocycles. The third kappa shape index (κ3) is 2.22. The molecule has 0 aliphatic rings. The predicted octanol–water partition coefficient (Wildman–Crippen LogP) is 1.76. The number of esters is 1. The SMILES string of the molecule is COC(=O)c1ncnn1-c1ncc(Cl)cc1Cl. The van der Waals surface area contributed by atoms with Gasteiger partial charge in [-0.2, -0.15) is 9.78 Å². The van der Waals surface area contributed by atoms with Gasteiger partial charge in [-0.15, -0.1) is 0 Å². The molecule has 0 aromatic carbocycles. The highest BCUT2D eigenvalue weighted by Crippen LogP contribution is 2.21. The molecule has 0 unspecified atom stereocenters. The molecule has 2 heterocycles. The number of rotatable bonds is 2. The second-order valence-corrected chi connectivity index (χ2v) is 3.79. The Kier molecular flexibility index (Phi) is 3.26. The van der Waals surface area contributed by atoms with Gasteiger partial charge in [0.05, 0.1) is 17.2 Å². The summed E-state index contributed by atoms with van der Waals surface area (Å²) in [7, 11) is 1.25. The third-order valence-corrected chi connectivity index (χ3v) is 2.39. The van der Waals surface area contributed by atoms with E-state index in [0.29, 0.717) is 5.02 Å². The Morgan fingerprint density at radius 1 is 1.41 bits per heavy atom. The van der Waals surface area contributed by atoms with E-state index in [9.17, 15) is 4.79 Å². The molecule has 0 saturated heterocycles. The van der Waals surface area contributed by atoms with Crippen LogP contribution in [-0.2, 0) is 4.74 Å². The summed E-state index contributed by atoms with van der Waals surface area (Å²) in [5.41, 5.74) is 0. The molecule has 2 aromatic heterocycles. The Labute approximate surface area is 106 Å². The molecule has 6 nitrogen and oxygen atoms in total. The fraction of sp³-hybridized carbons (Fsp3) is 0.111. The monoisotopic (exact) mass is 272 g/mol. The summed E-state index contributed by atoms with van der Waals surface area (Å²) < 4.78 is 5.75. The zero-order valence-corrected chi connectivity index (χ0v) is 10.1. The molecule has 0 radical (unpaired) electrons. The minimum absolute atomic E-state index is 0.00998. The minimum Gasteiger partial charge on any atom is -0.463 e. The van der Waals surface area contributed by atoms with Crippen LogP contribution in [0.4, 0.5) is 0 Å². The lowest BCUT2D eigenvalue weighted by Crippen LogP contribution is -2.13. The highest BCUT2D eigenvalue weighted by atomic mass is 35.5. The molecule has 8 heteroatoms. The number of carbonyl (C=O) groups is 1. The van der Waals surface area contributed by atoms with Crippen LogP contribution in [0.1, 0.15) is 10.6 Å². The summed E-state index contributed by atoms with van der Waals surface area (Å²) in [6.07, 6.45) is 2.60. The summed E-state index contributed by atoms with van der Waals surface area (Å²) in [4.78, 5) is 19.2. The number of pyridine rings is 1. The Morgan fingerprint density at radius 2 is 2.18 bits per heavy atom. The van der Waals surface area contributed by atoms with Crippen molar-refractivity contribution in [3.8, 4) is 5.82 Å². The molecular weight excluding hydrogens is 267 g/mol. The van der Waals surface area contributed by atoms with Crippen LogP contribution in [0.5, 0.6) is 0 Å². The van der Waals surface area contributed by atoms with E-state index in [1.807, 2.05) is 0 Å². The summed E-state index contributed by atoms with van der Waals surface area (Å²) in [6.45, 7) is 0.